The van der Waals surface area contributed by atoms with Crippen LogP contribution in [-0.2, 0) is 38.1 Å². The highest BCUT2D eigenvalue weighted by Gasteiger charge is 2.84. The van der Waals surface area contributed by atoms with E-state index in [1.54, 1.807) is 0 Å². The molecule has 200 valence electrons. The minimum absolute atomic E-state index is 0.201. The molecule has 3 saturated heterocycles. The van der Waals surface area contributed by atoms with Gasteiger partial charge in [0.2, 0.25) is 0 Å². The summed E-state index contributed by atoms with van der Waals surface area (Å²) in [7, 11) is 0. The van der Waals surface area contributed by atoms with Crippen LogP contribution in [0.4, 0.5) is 0 Å². The average molecular weight is 521 g/mol. The first-order valence-electron chi connectivity index (χ1n) is 13.5. The maximum absolute atomic E-state index is 14.8. The fourth-order valence-electron chi connectivity index (χ4n) is 8.07. The van der Waals surface area contributed by atoms with Crippen molar-refractivity contribution in [1.82, 2.24) is 0 Å². The van der Waals surface area contributed by atoms with Gasteiger partial charge in [-0.3, -0.25) is 19.2 Å². The molecule has 0 aromatic heterocycles. The fraction of sp³-hybridized carbons (Fsp3) is 0.600. The summed E-state index contributed by atoms with van der Waals surface area (Å²) in [6, 6.07) is 0. The van der Waals surface area contributed by atoms with Crippen molar-refractivity contribution < 1.29 is 38.1 Å². The number of Topliss-reactive ketones (excluding diaryl/α,β-unsaturated/α-hetero) is 4. The molecule has 0 aromatic rings. The van der Waals surface area contributed by atoms with Gasteiger partial charge in [-0.05, 0) is 41.5 Å². The quantitative estimate of drug-likeness (QED) is 0.411. The van der Waals surface area contributed by atoms with Crippen molar-refractivity contribution in [2.45, 2.75) is 96.1 Å². The van der Waals surface area contributed by atoms with Crippen LogP contribution in [-0.4, -0.2) is 64.9 Å². The van der Waals surface area contributed by atoms with Crippen LogP contribution in [0, 0.1) is 17.3 Å². The zero-order valence-corrected chi connectivity index (χ0v) is 22.5. The molecule has 8 rings (SSSR count). The molecular weight excluding hydrogens is 488 g/mol. The third-order valence-corrected chi connectivity index (χ3v) is 9.82. The van der Waals surface area contributed by atoms with Gasteiger partial charge in [-0.1, -0.05) is 23.3 Å². The highest BCUT2D eigenvalue weighted by Crippen LogP contribution is 2.70. The zero-order valence-electron chi connectivity index (χ0n) is 22.5. The van der Waals surface area contributed by atoms with Gasteiger partial charge in [0.05, 0.1) is 23.9 Å². The van der Waals surface area contributed by atoms with Crippen LogP contribution in [0.5, 0.6) is 0 Å². The molecule has 0 unspecified atom stereocenters. The molecule has 8 aliphatic rings. The van der Waals surface area contributed by atoms with Crippen molar-refractivity contribution in [1.29, 1.82) is 0 Å². The summed E-state index contributed by atoms with van der Waals surface area (Å²) in [6.07, 6.45) is 2.12. The second kappa shape index (κ2) is 7.29. The van der Waals surface area contributed by atoms with Gasteiger partial charge in [0.25, 0.3) is 0 Å². The molecule has 38 heavy (non-hydrogen) atoms. The predicted molar refractivity (Wildman–Crippen MR) is 133 cm³/mol. The average Bonchev–Trinajstić information content (AvgIpc) is 3.77. The van der Waals surface area contributed by atoms with Crippen LogP contribution in [0.3, 0.4) is 0 Å². The van der Waals surface area contributed by atoms with Gasteiger partial charge >= 0.3 is 0 Å². The molecule has 1 saturated carbocycles. The second-order valence-corrected chi connectivity index (χ2v) is 12.5. The highest BCUT2D eigenvalue weighted by atomic mass is 16.6. The van der Waals surface area contributed by atoms with Gasteiger partial charge in [0, 0.05) is 41.4 Å². The number of ether oxygens (including phenoxy) is 4. The van der Waals surface area contributed by atoms with Crippen LogP contribution < -0.4 is 0 Å². The van der Waals surface area contributed by atoms with Crippen molar-refractivity contribution in [2.24, 2.45) is 17.3 Å². The second-order valence-electron chi connectivity index (χ2n) is 12.5. The first-order valence-corrected chi connectivity index (χ1v) is 13.5. The molecule has 2 bridgehead atoms. The van der Waals surface area contributed by atoms with Gasteiger partial charge in [0.1, 0.15) is 6.10 Å². The lowest BCUT2D eigenvalue weighted by Crippen LogP contribution is -2.73. The molecule has 4 fully saturated rings. The fourth-order valence-corrected chi connectivity index (χ4v) is 8.07. The minimum atomic E-state index is -1.38. The molecule has 0 radical (unpaired) electrons. The maximum Gasteiger partial charge on any atom is 0.195 e. The Labute approximate surface area is 221 Å². The number of epoxide rings is 2. The molecule has 0 aromatic carbocycles. The molecule has 0 N–H and O–H groups in total. The molecule has 5 aliphatic heterocycles. The van der Waals surface area contributed by atoms with E-state index in [0.29, 0.717) is 11.1 Å². The standard InChI is InChI=1S/C30H32O8/c1-12(2)7-9-28-24(33)17-18(22(32)26(28)37-28)23-20-14(5)35-11-16-21(31)25-29(38-25,10-8-13(3)4)27(34)30(16,20)19(17)15(6)36-23/h7-8,11,14-15,19-20,23,25-26H,9-10H2,1-6H3/t14-,15+,19+,20+,23-,25+,26+,28-,29+,30+/m0/s1. The number of allylic oxidation sites excluding steroid dienone is 2. The van der Waals surface area contributed by atoms with E-state index in [0.717, 1.165) is 11.1 Å². The largest absolute Gasteiger partial charge is 0.497 e. The third kappa shape index (κ3) is 2.57. The topological polar surface area (TPSA) is 112 Å². The molecule has 0 amide bonds. The predicted octanol–water partition coefficient (Wildman–Crippen LogP) is 2.90. The van der Waals surface area contributed by atoms with Crippen LogP contribution in [0.2, 0.25) is 0 Å². The Hall–Kier alpha value is -2.68. The van der Waals surface area contributed by atoms with Gasteiger partial charge in [-0.25, -0.2) is 0 Å². The molecule has 1 spiro atoms. The maximum atomic E-state index is 14.8. The molecule has 8 heteroatoms. The summed E-state index contributed by atoms with van der Waals surface area (Å²) in [5.74, 6) is -2.46. The number of hydrogen-bond acceptors (Lipinski definition) is 8. The first kappa shape index (κ1) is 24.4. The SMILES string of the molecule is CC(C)=CC[C@@]12O[C@@H]1C(=O)C1=C(C2=O)[C@H]2[C@@H](C)O[C@@H]1[C@H]1[C@H](C)OC=C3C(=O)[C@H]4O[C@@]4(CC=C(C)C)C(=O)[C@@]312. The van der Waals surface area contributed by atoms with E-state index < -0.39 is 59.0 Å². The van der Waals surface area contributed by atoms with Crippen LogP contribution in [0.15, 0.2) is 46.3 Å². The molecule has 5 heterocycles. The molecule has 3 aliphatic carbocycles. The van der Waals surface area contributed by atoms with Gasteiger partial charge in [-0.15, -0.1) is 0 Å². The van der Waals surface area contributed by atoms with E-state index in [1.807, 2.05) is 53.7 Å². The molecule has 8 nitrogen and oxygen atoms in total. The van der Waals surface area contributed by atoms with E-state index in [2.05, 4.69) is 0 Å². The third-order valence-electron chi connectivity index (χ3n) is 9.82. The lowest BCUT2D eigenvalue weighted by molar-refractivity contribution is -0.205. The van der Waals surface area contributed by atoms with Crippen LogP contribution in [0.25, 0.3) is 0 Å². The number of hydrogen-bond donors (Lipinski definition) is 0. The number of carbonyl (C=O) groups excluding carboxylic acids is 4. The Morgan fingerprint density at radius 3 is 2.11 bits per heavy atom. The van der Waals surface area contributed by atoms with Crippen LogP contribution in [0.1, 0.15) is 54.4 Å². The van der Waals surface area contributed by atoms with Gasteiger partial charge in [0.15, 0.2) is 46.5 Å². The summed E-state index contributed by atoms with van der Waals surface area (Å²) < 4.78 is 24.2. The lowest BCUT2D eigenvalue weighted by atomic mass is 9.43. The Bertz CT molecular complexity index is 1370. The summed E-state index contributed by atoms with van der Waals surface area (Å²) in [5, 5.41) is 0. The summed E-state index contributed by atoms with van der Waals surface area (Å²) in [5.41, 5.74) is -1.02. The van der Waals surface area contributed by atoms with Crippen molar-refractivity contribution >= 4 is 23.1 Å². The summed E-state index contributed by atoms with van der Waals surface area (Å²) >= 11 is 0. The number of rotatable bonds is 4. The highest BCUT2D eigenvalue weighted by molar-refractivity contribution is 6.25. The van der Waals surface area contributed by atoms with Crippen molar-refractivity contribution in [3.8, 4) is 0 Å². The van der Waals surface area contributed by atoms with E-state index in [1.165, 1.54) is 6.26 Å². The number of carbonyl (C=O) groups is 4. The van der Waals surface area contributed by atoms with Crippen LogP contribution >= 0.6 is 0 Å². The normalized spacial score (nSPS) is 47.1. The Kier molecular flexibility index (Phi) is 4.67. The van der Waals surface area contributed by atoms with E-state index in [4.69, 9.17) is 18.9 Å². The summed E-state index contributed by atoms with van der Waals surface area (Å²) in [4.78, 5) is 56.8. The van der Waals surface area contributed by atoms with Gasteiger partial charge < -0.3 is 18.9 Å². The Morgan fingerprint density at radius 2 is 1.45 bits per heavy atom. The Morgan fingerprint density at radius 1 is 0.842 bits per heavy atom. The van der Waals surface area contributed by atoms with E-state index in [-0.39, 0.29) is 41.5 Å². The smallest absolute Gasteiger partial charge is 0.195 e. The lowest BCUT2D eigenvalue weighted by Gasteiger charge is -2.63. The molecule has 10 atom stereocenters. The zero-order chi connectivity index (χ0) is 27.1. The minimum Gasteiger partial charge on any atom is -0.497 e. The first-order chi connectivity index (χ1) is 17.9. The van der Waals surface area contributed by atoms with Crippen molar-refractivity contribution in [3.05, 3.63) is 46.3 Å². The monoisotopic (exact) mass is 520 g/mol. The van der Waals surface area contributed by atoms with Crippen molar-refractivity contribution in [2.75, 3.05) is 0 Å². The Balaban J connectivity index is 1.45. The molecular formula is C30H32O8. The summed E-state index contributed by atoms with van der Waals surface area (Å²) in [6.45, 7) is 11.4. The van der Waals surface area contributed by atoms with E-state index >= 15 is 0 Å². The van der Waals surface area contributed by atoms with Crippen molar-refractivity contribution in [3.63, 3.8) is 0 Å². The van der Waals surface area contributed by atoms with Gasteiger partial charge in [-0.2, -0.15) is 0 Å². The number of ketones is 4. The van der Waals surface area contributed by atoms with E-state index in [9.17, 15) is 19.2 Å². The number of fused-ring (bicyclic) bond motifs is 3.